The Hall–Kier alpha value is -0.860. The SMILES string of the molecule is CC1CCCC1NC1CCNCc2ccccc21. The van der Waals surface area contributed by atoms with Gasteiger partial charge in [0, 0.05) is 18.6 Å². The van der Waals surface area contributed by atoms with E-state index in [1.54, 1.807) is 0 Å². The van der Waals surface area contributed by atoms with E-state index in [-0.39, 0.29) is 0 Å². The number of rotatable bonds is 2. The lowest BCUT2D eigenvalue weighted by atomic mass is 9.97. The Morgan fingerprint density at radius 2 is 2.06 bits per heavy atom. The molecule has 0 bridgehead atoms. The molecule has 2 heteroatoms. The molecule has 1 aliphatic heterocycles. The Kier molecular flexibility index (Phi) is 3.67. The maximum atomic E-state index is 3.92. The normalized spacial score (nSPS) is 31.9. The van der Waals surface area contributed by atoms with E-state index < -0.39 is 0 Å². The topological polar surface area (TPSA) is 24.1 Å². The Morgan fingerprint density at radius 1 is 1.17 bits per heavy atom. The number of fused-ring (bicyclic) bond motifs is 1. The van der Waals surface area contributed by atoms with Crippen LogP contribution < -0.4 is 10.6 Å². The van der Waals surface area contributed by atoms with Gasteiger partial charge in [-0.15, -0.1) is 0 Å². The third-order valence-electron chi connectivity index (χ3n) is 4.63. The minimum Gasteiger partial charge on any atom is -0.313 e. The van der Waals surface area contributed by atoms with Gasteiger partial charge >= 0.3 is 0 Å². The van der Waals surface area contributed by atoms with Crippen molar-refractivity contribution >= 4 is 0 Å². The van der Waals surface area contributed by atoms with Gasteiger partial charge in [0.25, 0.3) is 0 Å². The van der Waals surface area contributed by atoms with E-state index in [0.29, 0.717) is 6.04 Å². The fraction of sp³-hybridized carbons (Fsp3) is 0.625. The first-order valence-corrected chi connectivity index (χ1v) is 7.39. The van der Waals surface area contributed by atoms with Crippen molar-refractivity contribution in [3.05, 3.63) is 35.4 Å². The molecular formula is C16H24N2. The second-order valence-corrected chi connectivity index (χ2v) is 5.90. The van der Waals surface area contributed by atoms with Crippen molar-refractivity contribution in [3.63, 3.8) is 0 Å². The molecule has 1 heterocycles. The van der Waals surface area contributed by atoms with Crippen LogP contribution in [-0.2, 0) is 6.54 Å². The molecule has 0 aromatic heterocycles. The molecule has 2 nitrogen and oxygen atoms in total. The van der Waals surface area contributed by atoms with Gasteiger partial charge in [-0.1, -0.05) is 37.6 Å². The molecule has 18 heavy (non-hydrogen) atoms. The van der Waals surface area contributed by atoms with Crippen LogP contribution in [0.3, 0.4) is 0 Å². The van der Waals surface area contributed by atoms with Gasteiger partial charge in [0.15, 0.2) is 0 Å². The highest BCUT2D eigenvalue weighted by Crippen LogP contribution is 2.30. The zero-order valence-corrected chi connectivity index (χ0v) is 11.3. The van der Waals surface area contributed by atoms with Crippen molar-refractivity contribution < 1.29 is 0 Å². The van der Waals surface area contributed by atoms with Gasteiger partial charge < -0.3 is 10.6 Å². The average molecular weight is 244 g/mol. The number of benzene rings is 1. The molecule has 0 saturated heterocycles. The Balaban J connectivity index is 1.79. The summed E-state index contributed by atoms with van der Waals surface area (Å²) in [5, 5.41) is 7.45. The number of hydrogen-bond donors (Lipinski definition) is 2. The van der Waals surface area contributed by atoms with Gasteiger partial charge in [0.05, 0.1) is 0 Å². The van der Waals surface area contributed by atoms with E-state index in [4.69, 9.17) is 0 Å². The third-order valence-corrected chi connectivity index (χ3v) is 4.63. The Bertz CT molecular complexity index is 402. The van der Waals surface area contributed by atoms with Crippen molar-refractivity contribution in [2.24, 2.45) is 5.92 Å². The first-order valence-electron chi connectivity index (χ1n) is 7.39. The summed E-state index contributed by atoms with van der Waals surface area (Å²) in [5.74, 6) is 0.841. The maximum absolute atomic E-state index is 3.92. The van der Waals surface area contributed by atoms with Crippen molar-refractivity contribution in [1.82, 2.24) is 10.6 Å². The quantitative estimate of drug-likeness (QED) is 0.835. The van der Waals surface area contributed by atoms with Crippen LogP contribution in [0.5, 0.6) is 0 Å². The molecule has 1 aromatic rings. The molecule has 2 N–H and O–H groups in total. The molecule has 1 aromatic carbocycles. The largest absolute Gasteiger partial charge is 0.313 e. The van der Waals surface area contributed by atoms with Crippen LogP contribution in [0.1, 0.15) is 49.8 Å². The number of hydrogen-bond acceptors (Lipinski definition) is 2. The van der Waals surface area contributed by atoms with E-state index in [1.807, 2.05) is 0 Å². The summed E-state index contributed by atoms with van der Waals surface area (Å²) in [5.41, 5.74) is 2.99. The van der Waals surface area contributed by atoms with Gasteiger partial charge in [-0.2, -0.15) is 0 Å². The molecule has 1 aliphatic carbocycles. The monoisotopic (exact) mass is 244 g/mol. The van der Waals surface area contributed by atoms with Crippen LogP contribution in [0.2, 0.25) is 0 Å². The average Bonchev–Trinajstić information content (AvgIpc) is 2.68. The smallest absolute Gasteiger partial charge is 0.0338 e. The fourth-order valence-electron chi connectivity index (χ4n) is 3.48. The standard InChI is InChI=1S/C16H24N2/c1-12-5-4-8-15(12)18-16-9-10-17-11-13-6-2-3-7-14(13)16/h2-3,6-7,12,15-18H,4-5,8-11H2,1H3. The second-order valence-electron chi connectivity index (χ2n) is 5.90. The predicted molar refractivity (Wildman–Crippen MR) is 75.4 cm³/mol. The first-order chi connectivity index (χ1) is 8.84. The van der Waals surface area contributed by atoms with Crippen LogP contribution in [0.4, 0.5) is 0 Å². The number of nitrogens with one attached hydrogen (secondary N) is 2. The lowest BCUT2D eigenvalue weighted by Crippen LogP contribution is -2.35. The molecule has 3 unspecified atom stereocenters. The van der Waals surface area contributed by atoms with Crippen molar-refractivity contribution in [2.75, 3.05) is 6.54 Å². The highest BCUT2D eigenvalue weighted by atomic mass is 15.0. The van der Waals surface area contributed by atoms with Crippen molar-refractivity contribution in [3.8, 4) is 0 Å². The molecule has 1 saturated carbocycles. The Morgan fingerprint density at radius 3 is 2.89 bits per heavy atom. The van der Waals surface area contributed by atoms with Crippen LogP contribution in [0.15, 0.2) is 24.3 Å². The summed E-state index contributed by atoms with van der Waals surface area (Å²) in [6.45, 7) is 4.54. The van der Waals surface area contributed by atoms with Gasteiger partial charge in [-0.3, -0.25) is 0 Å². The van der Waals surface area contributed by atoms with Gasteiger partial charge in [0.1, 0.15) is 0 Å². The molecule has 0 amide bonds. The molecule has 98 valence electrons. The summed E-state index contributed by atoms with van der Waals surface area (Å²) < 4.78 is 0. The van der Waals surface area contributed by atoms with Crippen molar-refractivity contribution in [1.29, 1.82) is 0 Å². The van der Waals surface area contributed by atoms with E-state index in [1.165, 1.54) is 36.8 Å². The summed E-state index contributed by atoms with van der Waals surface area (Å²) in [4.78, 5) is 0. The van der Waals surface area contributed by atoms with Crippen LogP contribution in [-0.4, -0.2) is 12.6 Å². The zero-order chi connectivity index (χ0) is 12.4. The van der Waals surface area contributed by atoms with Crippen LogP contribution in [0, 0.1) is 5.92 Å². The summed E-state index contributed by atoms with van der Waals surface area (Å²) in [7, 11) is 0. The minimum absolute atomic E-state index is 0.543. The van der Waals surface area contributed by atoms with Crippen LogP contribution >= 0.6 is 0 Å². The zero-order valence-electron chi connectivity index (χ0n) is 11.3. The van der Waals surface area contributed by atoms with E-state index in [0.717, 1.165) is 25.0 Å². The molecule has 0 spiro atoms. The van der Waals surface area contributed by atoms with E-state index in [9.17, 15) is 0 Å². The second kappa shape index (κ2) is 5.41. The van der Waals surface area contributed by atoms with Crippen LogP contribution in [0.25, 0.3) is 0 Å². The van der Waals surface area contributed by atoms with Gasteiger partial charge in [0.2, 0.25) is 0 Å². The first kappa shape index (κ1) is 12.2. The maximum Gasteiger partial charge on any atom is 0.0338 e. The molecule has 3 rings (SSSR count). The molecule has 2 aliphatic rings. The third kappa shape index (κ3) is 2.45. The highest BCUT2D eigenvalue weighted by Gasteiger charge is 2.27. The summed E-state index contributed by atoms with van der Waals surface area (Å²) in [6, 6.07) is 10.2. The fourth-order valence-corrected chi connectivity index (χ4v) is 3.48. The van der Waals surface area contributed by atoms with Crippen molar-refractivity contribution in [2.45, 2.75) is 51.2 Å². The predicted octanol–water partition coefficient (Wildman–Crippen LogP) is 3.00. The van der Waals surface area contributed by atoms with E-state index >= 15 is 0 Å². The molecule has 0 radical (unpaired) electrons. The lowest BCUT2D eigenvalue weighted by molar-refractivity contribution is 0.364. The van der Waals surface area contributed by atoms with Gasteiger partial charge in [-0.05, 0) is 42.9 Å². The minimum atomic E-state index is 0.543. The summed E-state index contributed by atoms with van der Waals surface area (Å²) in [6.07, 6.45) is 5.35. The summed E-state index contributed by atoms with van der Waals surface area (Å²) >= 11 is 0. The Labute approximate surface area is 110 Å². The van der Waals surface area contributed by atoms with Gasteiger partial charge in [-0.25, -0.2) is 0 Å². The molecule has 3 atom stereocenters. The molecular weight excluding hydrogens is 220 g/mol. The lowest BCUT2D eigenvalue weighted by Gasteiger charge is -2.26. The van der Waals surface area contributed by atoms with E-state index in [2.05, 4.69) is 41.8 Å². The highest BCUT2D eigenvalue weighted by molar-refractivity contribution is 5.31. The molecule has 1 fully saturated rings.